The first-order valence-electron chi connectivity index (χ1n) is 7.35. The van der Waals surface area contributed by atoms with Gasteiger partial charge >= 0.3 is 0 Å². The van der Waals surface area contributed by atoms with E-state index in [4.69, 9.17) is 10.5 Å². The van der Waals surface area contributed by atoms with Crippen LogP contribution in [0.5, 0.6) is 5.75 Å². The molecule has 0 radical (unpaired) electrons. The molecule has 0 atom stereocenters. The zero-order valence-corrected chi connectivity index (χ0v) is 13.4. The second kappa shape index (κ2) is 7.30. The Morgan fingerprint density at radius 1 is 1.21 bits per heavy atom. The smallest absolute Gasteiger partial charge is 0.136 e. The standard InChI is InChI=1S/C16H24BrNO/c1-19-16-13(8-5-6-10-18)11-12-7-3-2-4-9-14(12)15(16)17/h11H,2-10,18H2,1H3. The molecule has 2 rings (SSSR count). The zero-order valence-electron chi connectivity index (χ0n) is 11.8. The first kappa shape index (κ1) is 14.9. The summed E-state index contributed by atoms with van der Waals surface area (Å²) in [5, 5.41) is 0. The van der Waals surface area contributed by atoms with E-state index >= 15 is 0 Å². The van der Waals surface area contributed by atoms with E-state index in [1.165, 1.54) is 53.3 Å². The third-order valence-electron chi connectivity index (χ3n) is 3.97. The van der Waals surface area contributed by atoms with Crippen LogP contribution in [0.4, 0.5) is 0 Å². The van der Waals surface area contributed by atoms with E-state index in [0.717, 1.165) is 31.6 Å². The lowest BCUT2D eigenvalue weighted by Gasteiger charge is -2.17. The largest absolute Gasteiger partial charge is 0.495 e. The predicted molar refractivity (Wildman–Crippen MR) is 83.9 cm³/mol. The summed E-state index contributed by atoms with van der Waals surface area (Å²) in [6, 6.07) is 2.38. The Hall–Kier alpha value is -0.540. The van der Waals surface area contributed by atoms with E-state index in [0.29, 0.717) is 0 Å². The summed E-state index contributed by atoms with van der Waals surface area (Å²) in [5.74, 6) is 1.04. The number of fused-ring (bicyclic) bond motifs is 1. The molecular formula is C16H24BrNO. The van der Waals surface area contributed by atoms with Crippen LogP contribution in [-0.2, 0) is 19.3 Å². The number of rotatable bonds is 5. The molecule has 2 nitrogen and oxygen atoms in total. The lowest BCUT2D eigenvalue weighted by Crippen LogP contribution is -2.03. The number of halogens is 1. The van der Waals surface area contributed by atoms with Gasteiger partial charge in [-0.15, -0.1) is 0 Å². The molecule has 0 heterocycles. The number of nitrogens with two attached hydrogens (primary N) is 1. The summed E-state index contributed by atoms with van der Waals surface area (Å²) in [6.07, 6.45) is 9.61. The highest BCUT2D eigenvalue weighted by atomic mass is 79.9. The highest BCUT2D eigenvalue weighted by Gasteiger charge is 2.18. The molecule has 0 aliphatic heterocycles. The molecule has 0 aromatic heterocycles. The zero-order chi connectivity index (χ0) is 13.7. The lowest BCUT2D eigenvalue weighted by atomic mass is 9.96. The highest BCUT2D eigenvalue weighted by Crippen LogP contribution is 2.38. The van der Waals surface area contributed by atoms with Crippen molar-refractivity contribution in [2.24, 2.45) is 5.73 Å². The Labute approximate surface area is 124 Å². The monoisotopic (exact) mass is 325 g/mol. The molecule has 1 aliphatic rings. The van der Waals surface area contributed by atoms with E-state index < -0.39 is 0 Å². The van der Waals surface area contributed by atoms with Gasteiger partial charge in [-0.05, 0) is 84.1 Å². The van der Waals surface area contributed by atoms with Crippen LogP contribution in [0.3, 0.4) is 0 Å². The maximum Gasteiger partial charge on any atom is 0.136 e. The summed E-state index contributed by atoms with van der Waals surface area (Å²) in [4.78, 5) is 0. The normalized spacial score (nSPS) is 14.9. The van der Waals surface area contributed by atoms with Gasteiger partial charge in [-0.3, -0.25) is 0 Å². The van der Waals surface area contributed by atoms with E-state index in [1.807, 2.05) is 0 Å². The van der Waals surface area contributed by atoms with Crippen molar-refractivity contribution in [3.05, 3.63) is 27.2 Å². The summed E-state index contributed by atoms with van der Waals surface area (Å²) in [5.41, 5.74) is 9.91. The molecule has 0 amide bonds. The molecule has 0 bridgehead atoms. The average Bonchev–Trinajstić information content (AvgIpc) is 2.65. The van der Waals surface area contributed by atoms with Gasteiger partial charge in [-0.25, -0.2) is 0 Å². The summed E-state index contributed by atoms with van der Waals surface area (Å²) in [7, 11) is 1.77. The topological polar surface area (TPSA) is 35.2 Å². The maximum absolute atomic E-state index is 5.64. The van der Waals surface area contributed by atoms with Crippen molar-refractivity contribution in [3.8, 4) is 5.75 Å². The molecule has 2 N–H and O–H groups in total. The van der Waals surface area contributed by atoms with E-state index in [2.05, 4.69) is 22.0 Å². The lowest BCUT2D eigenvalue weighted by molar-refractivity contribution is 0.405. The van der Waals surface area contributed by atoms with Crippen LogP contribution in [0.1, 0.15) is 48.8 Å². The molecule has 19 heavy (non-hydrogen) atoms. The summed E-state index contributed by atoms with van der Waals surface area (Å²) in [6.45, 7) is 0.772. The summed E-state index contributed by atoms with van der Waals surface area (Å²) < 4.78 is 6.83. The molecule has 0 saturated heterocycles. The number of unbranched alkanes of at least 4 members (excludes halogenated alkanes) is 1. The first-order valence-corrected chi connectivity index (χ1v) is 8.14. The fourth-order valence-electron chi connectivity index (χ4n) is 2.94. The molecular weight excluding hydrogens is 302 g/mol. The van der Waals surface area contributed by atoms with E-state index in [-0.39, 0.29) is 0 Å². The van der Waals surface area contributed by atoms with Crippen LogP contribution in [0.15, 0.2) is 10.5 Å². The quantitative estimate of drug-likeness (QED) is 0.655. The van der Waals surface area contributed by atoms with Crippen LogP contribution in [0.25, 0.3) is 0 Å². The van der Waals surface area contributed by atoms with Crippen molar-refractivity contribution in [2.75, 3.05) is 13.7 Å². The van der Waals surface area contributed by atoms with Crippen LogP contribution in [0.2, 0.25) is 0 Å². The molecule has 1 aromatic carbocycles. The molecule has 0 unspecified atom stereocenters. The van der Waals surface area contributed by atoms with Gasteiger partial charge in [0, 0.05) is 0 Å². The van der Waals surface area contributed by atoms with Gasteiger partial charge in [0.25, 0.3) is 0 Å². The molecule has 0 saturated carbocycles. The molecule has 1 aromatic rings. The van der Waals surface area contributed by atoms with Crippen molar-refractivity contribution in [3.63, 3.8) is 0 Å². The van der Waals surface area contributed by atoms with Crippen molar-refractivity contribution >= 4 is 15.9 Å². The summed E-state index contributed by atoms with van der Waals surface area (Å²) >= 11 is 3.77. The molecule has 0 spiro atoms. The van der Waals surface area contributed by atoms with Gasteiger partial charge in [0.2, 0.25) is 0 Å². The number of hydrogen-bond acceptors (Lipinski definition) is 2. The Morgan fingerprint density at radius 3 is 2.74 bits per heavy atom. The van der Waals surface area contributed by atoms with Gasteiger partial charge in [-0.1, -0.05) is 12.5 Å². The fourth-order valence-corrected chi connectivity index (χ4v) is 3.80. The number of methoxy groups -OCH3 is 1. The first-order chi connectivity index (χ1) is 9.27. The van der Waals surface area contributed by atoms with Gasteiger partial charge in [-0.2, -0.15) is 0 Å². The molecule has 106 valence electrons. The van der Waals surface area contributed by atoms with Gasteiger partial charge < -0.3 is 10.5 Å². The molecule has 0 fully saturated rings. The van der Waals surface area contributed by atoms with Crippen molar-refractivity contribution < 1.29 is 4.74 Å². The number of aryl methyl sites for hydroxylation is 2. The van der Waals surface area contributed by atoms with Crippen molar-refractivity contribution in [2.45, 2.75) is 51.4 Å². The minimum absolute atomic E-state index is 0.772. The second-order valence-corrected chi connectivity index (χ2v) is 6.12. The molecule has 1 aliphatic carbocycles. The SMILES string of the molecule is COc1c(CCCCN)cc2c(c1Br)CCCCC2. The van der Waals surface area contributed by atoms with Crippen LogP contribution in [-0.4, -0.2) is 13.7 Å². The fraction of sp³-hybridized carbons (Fsp3) is 0.625. The van der Waals surface area contributed by atoms with Gasteiger partial charge in [0.15, 0.2) is 0 Å². The van der Waals surface area contributed by atoms with E-state index in [9.17, 15) is 0 Å². The third-order valence-corrected chi connectivity index (χ3v) is 4.81. The Morgan fingerprint density at radius 2 is 2.00 bits per heavy atom. The van der Waals surface area contributed by atoms with Gasteiger partial charge in [0.05, 0.1) is 11.6 Å². The average molecular weight is 326 g/mol. The third kappa shape index (κ3) is 3.51. The second-order valence-electron chi connectivity index (χ2n) is 5.33. The molecule has 3 heteroatoms. The van der Waals surface area contributed by atoms with Crippen molar-refractivity contribution in [1.29, 1.82) is 0 Å². The number of benzene rings is 1. The van der Waals surface area contributed by atoms with Crippen LogP contribution >= 0.6 is 15.9 Å². The van der Waals surface area contributed by atoms with Crippen LogP contribution < -0.4 is 10.5 Å². The number of hydrogen-bond donors (Lipinski definition) is 1. The van der Waals surface area contributed by atoms with Crippen molar-refractivity contribution in [1.82, 2.24) is 0 Å². The number of ether oxygens (including phenoxy) is 1. The Balaban J connectivity index is 2.31. The minimum Gasteiger partial charge on any atom is -0.495 e. The van der Waals surface area contributed by atoms with Crippen LogP contribution in [0, 0.1) is 0 Å². The minimum atomic E-state index is 0.772. The van der Waals surface area contributed by atoms with Gasteiger partial charge in [0.1, 0.15) is 5.75 Å². The Kier molecular flexibility index (Phi) is 5.71. The van der Waals surface area contributed by atoms with E-state index in [1.54, 1.807) is 7.11 Å². The maximum atomic E-state index is 5.64. The highest BCUT2D eigenvalue weighted by molar-refractivity contribution is 9.10. The Bertz CT molecular complexity index is 431. The predicted octanol–water partition coefficient (Wildman–Crippen LogP) is 4.01.